The molecule has 0 spiro atoms. The number of nitrogens with two attached hydrogens (primary N) is 1. The fourth-order valence-electron chi connectivity index (χ4n) is 3.00. The van der Waals surface area contributed by atoms with Gasteiger partial charge in [0.2, 0.25) is 5.91 Å². The first-order valence-corrected chi connectivity index (χ1v) is 7.60. The lowest BCUT2D eigenvalue weighted by Crippen LogP contribution is -2.42. The maximum absolute atomic E-state index is 12.3. The van der Waals surface area contributed by atoms with E-state index in [-0.39, 0.29) is 11.3 Å². The molecule has 18 heavy (non-hydrogen) atoms. The summed E-state index contributed by atoms with van der Waals surface area (Å²) in [6, 6.07) is 0. The van der Waals surface area contributed by atoms with Crippen LogP contribution in [0.4, 0.5) is 0 Å². The van der Waals surface area contributed by atoms with Crippen molar-refractivity contribution in [3.05, 3.63) is 0 Å². The molecule has 1 unspecified atom stereocenters. The van der Waals surface area contributed by atoms with Crippen molar-refractivity contribution in [1.29, 1.82) is 0 Å². The Balaban J connectivity index is 2.38. The third-order valence-corrected chi connectivity index (χ3v) is 4.33. The van der Waals surface area contributed by atoms with E-state index >= 15 is 0 Å². The lowest BCUT2D eigenvalue weighted by atomic mass is 9.75. The lowest BCUT2D eigenvalue weighted by Gasteiger charge is -2.32. The highest BCUT2D eigenvalue weighted by molar-refractivity contribution is 5.82. The monoisotopic (exact) mass is 254 g/mol. The number of hydrogen-bond acceptors (Lipinski definition) is 2. The first kappa shape index (κ1) is 15.5. The average Bonchev–Trinajstić information content (AvgIpc) is 2.37. The summed E-state index contributed by atoms with van der Waals surface area (Å²) in [5.41, 5.74) is 5.51. The topological polar surface area (TPSA) is 55.1 Å². The quantitative estimate of drug-likeness (QED) is 0.734. The van der Waals surface area contributed by atoms with Gasteiger partial charge in [-0.2, -0.15) is 0 Å². The molecular weight excluding hydrogens is 224 g/mol. The predicted octanol–water partition coefficient (Wildman–Crippen LogP) is 2.84. The van der Waals surface area contributed by atoms with Crippen molar-refractivity contribution in [1.82, 2.24) is 5.32 Å². The second-order valence-electron chi connectivity index (χ2n) is 6.06. The lowest BCUT2D eigenvalue weighted by molar-refractivity contribution is -0.132. The molecule has 1 aliphatic carbocycles. The first-order valence-electron chi connectivity index (χ1n) is 7.60. The Morgan fingerprint density at radius 2 is 1.94 bits per heavy atom. The van der Waals surface area contributed by atoms with Gasteiger partial charge in [-0.3, -0.25) is 4.79 Å². The Hall–Kier alpha value is -0.570. The van der Waals surface area contributed by atoms with E-state index < -0.39 is 0 Å². The molecule has 0 aromatic carbocycles. The van der Waals surface area contributed by atoms with Crippen LogP contribution in [0.1, 0.15) is 65.2 Å². The standard InChI is InChI=1S/C15H30N2O/c1-3-7-13(8-11-16)12-17-14(18)15(2)9-5-4-6-10-15/h13H,3-12,16H2,1-2H3,(H,17,18). The molecule has 1 saturated carbocycles. The van der Waals surface area contributed by atoms with E-state index in [2.05, 4.69) is 19.2 Å². The van der Waals surface area contributed by atoms with Crippen molar-refractivity contribution in [2.24, 2.45) is 17.1 Å². The number of nitrogens with one attached hydrogen (secondary N) is 1. The molecule has 0 saturated heterocycles. The number of carbonyl (C=O) groups excluding carboxylic acids is 1. The molecular formula is C15H30N2O. The van der Waals surface area contributed by atoms with E-state index in [9.17, 15) is 4.79 Å². The van der Waals surface area contributed by atoms with Crippen molar-refractivity contribution in [2.45, 2.75) is 65.2 Å². The molecule has 3 N–H and O–H groups in total. The van der Waals surface area contributed by atoms with Crippen LogP contribution in [-0.4, -0.2) is 19.0 Å². The van der Waals surface area contributed by atoms with E-state index in [1.165, 1.54) is 19.3 Å². The molecule has 0 heterocycles. The van der Waals surface area contributed by atoms with Crippen LogP contribution in [-0.2, 0) is 4.79 Å². The molecule has 1 amide bonds. The van der Waals surface area contributed by atoms with Gasteiger partial charge in [0.15, 0.2) is 0 Å². The largest absolute Gasteiger partial charge is 0.355 e. The molecule has 0 bridgehead atoms. The SMILES string of the molecule is CCCC(CCN)CNC(=O)C1(C)CCCCC1. The zero-order chi connectivity index (χ0) is 13.4. The smallest absolute Gasteiger partial charge is 0.225 e. The van der Waals surface area contributed by atoms with Gasteiger partial charge in [-0.1, -0.05) is 39.5 Å². The molecule has 0 radical (unpaired) electrons. The van der Waals surface area contributed by atoms with E-state index in [4.69, 9.17) is 5.73 Å². The van der Waals surface area contributed by atoms with Gasteiger partial charge in [-0.25, -0.2) is 0 Å². The summed E-state index contributed by atoms with van der Waals surface area (Å²) in [5, 5.41) is 3.17. The fraction of sp³-hybridized carbons (Fsp3) is 0.933. The number of carbonyl (C=O) groups is 1. The summed E-state index contributed by atoms with van der Waals surface area (Å²) in [5.74, 6) is 0.816. The van der Waals surface area contributed by atoms with Crippen LogP contribution in [0.25, 0.3) is 0 Å². The number of hydrogen-bond donors (Lipinski definition) is 2. The van der Waals surface area contributed by atoms with Crippen LogP contribution in [0.15, 0.2) is 0 Å². The van der Waals surface area contributed by atoms with Crippen LogP contribution in [0.2, 0.25) is 0 Å². The highest BCUT2D eigenvalue weighted by atomic mass is 16.2. The van der Waals surface area contributed by atoms with Gasteiger partial charge < -0.3 is 11.1 Å². The Morgan fingerprint density at radius 1 is 1.28 bits per heavy atom. The van der Waals surface area contributed by atoms with Gasteiger partial charge in [0.05, 0.1) is 0 Å². The minimum atomic E-state index is -0.113. The van der Waals surface area contributed by atoms with Crippen molar-refractivity contribution in [3.63, 3.8) is 0 Å². The third kappa shape index (κ3) is 4.60. The minimum absolute atomic E-state index is 0.113. The Kier molecular flexibility index (Phi) is 6.69. The molecule has 3 heteroatoms. The van der Waals surface area contributed by atoms with Gasteiger partial charge >= 0.3 is 0 Å². The average molecular weight is 254 g/mol. The molecule has 0 aromatic heterocycles. The summed E-state index contributed by atoms with van der Waals surface area (Å²) in [7, 11) is 0. The third-order valence-electron chi connectivity index (χ3n) is 4.33. The van der Waals surface area contributed by atoms with Crippen LogP contribution < -0.4 is 11.1 Å². The highest BCUT2D eigenvalue weighted by Crippen LogP contribution is 2.35. The molecule has 106 valence electrons. The summed E-state index contributed by atoms with van der Waals surface area (Å²) >= 11 is 0. The Morgan fingerprint density at radius 3 is 2.50 bits per heavy atom. The molecule has 0 aliphatic heterocycles. The normalized spacial score (nSPS) is 20.4. The van der Waals surface area contributed by atoms with Gasteiger partial charge in [0.25, 0.3) is 0 Å². The molecule has 1 aliphatic rings. The van der Waals surface area contributed by atoms with E-state index in [1.807, 2.05) is 0 Å². The van der Waals surface area contributed by atoms with Gasteiger partial charge in [0.1, 0.15) is 0 Å². The summed E-state index contributed by atoms with van der Waals surface area (Å²) in [6.45, 7) is 5.84. The van der Waals surface area contributed by atoms with Crippen molar-refractivity contribution in [2.75, 3.05) is 13.1 Å². The Bertz CT molecular complexity index is 241. The maximum Gasteiger partial charge on any atom is 0.225 e. The second kappa shape index (κ2) is 7.78. The summed E-state index contributed by atoms with van der Waals surface area (Å²) in [6.07, 6.45) is 9.13. The minimum Gasteiger partial charge on any atom is -0.355 e. The van der Waals surface area contributed by atoms with Crippen molar-refractivity contribution < 1.29 is 4.79 Å². The second-order valence-corrected chi connectivity index (χ2v) is 6.06. The van der Waals surface area contributed by atoms with E-state index in [1.54, 1.807) is 0 Å². The first-order chi connectivity index (χ1) is 8.62. The van der Waals surface area contributed by atoms with E-state index in [0.717, 1.165) is 45.2 Å². The van der Waals surface area contributed by atoms with Gasteiger partial charge in [-0.05, 0) is 38.1 Å². The van der Waals surface area contributed by atoms with Crippen LogP contribution >= 0.6 is 0 Å². The van der Waals surface area contributed by atoms with Crippen LogP contribution in [0.3, 0.4) is 0 Å². The zero-order valence-corrected chi connectivity index (χ0v) is 12.1. The number of amides is 1. The van der Waals surface area contributed by atoms with Crippen LogP contribution in [0, 0.1) is 11.3 Å². The number of rotatable bonds is 7. The summed E-state index contributed by atoms with van der Waals surface area (Å²) < 4.78 is 0. The van der Waals surface area contributed by atoms with Crippen LogP contribution in [0.5, 0.6) is 0 Å². The highest BCUT2D eigenvalue weighted by Gasteiger charge is 2.34. The fourth-order valence-corrected chi connectivity index (χ4v) is 3.00. The molecule has 3 nitrogen and oxygen atoms in total. The molecule has 1 fully saturated rings. The van der Waals surface area contributed by atoms with Crippen molar-refractivity contribution in [3.8, 4) is 0 Å². The molecule has 1 rings (SSSR count). The molecule has 0 aromatic rings. The van der Waals surface area contributed by atoms with E-state index in [0.29, 0.717) is 5.92 Å². The maximum atomic E-state index is 12.3. The van der Waals surface area contributed by atoms with Crippen molar-refractivity contribution >= 4 is 5.91 Å². The van der Waals surface area contributed by atoms with Gasteiger partial charge in [-0.15, -0.1) is 0 Å². The molecule has 1 atom stereocenters. The Labute approximate surface area is 112 Å². The van der Waals surface area contributed by atoms with Gasteiger partial charge in [0, 0.05) is 12.0 Å². The predicted molar refractivity (Wildman–Crippen MR) is 76.3 cm³/mol. The summed E-state index contributed by atoms with van der Waals surface area (Å²) in [4.78, 5) is 12.3. The zero-order valence-electron chi connectivity index (χ0n) is 12.1.